The van der Waals surface area contributed by atoms with Crippen molar-refractivity contribution in [3.05, 3.63) is 28.2 Å². The third-order valence-corrected chi connectivity index (χ3v) is 3.48. The lowest BCUT2D eigenvalue weighted by Crippen LogP contribution is -2.33. The van der Waals surface area contributed by atoms with E-state index in [1.54, 1.807) is 13.8 Å². The lowest BCUT2D eigenvalue weighted by molar-refractivity contribution is 0.306. The number of rotatable bonds is 5. The molecule has 0 radical (unpaired) electrons. The number of nitrogens with two attached hydrogens (primary N) is 1. The Morgan fingerprint density at radius 1 is 1.42 bits per heavy atom. The van der Waals surface area contributed by atoms with Gasteiger partial charge in [-0.2, -0.15) is 0 Å². The Hall–Kier alpha value is -1.37. The van der Waals surface area contributed by atoms with E-state index in [0.29, 0.717) is 13.0 Å². The van der Waals surface area contributed by atoms with E-state index in [1.807, 2.05) is 0 Å². The summed E-state index contributed by atoms with van der Waals surface area (Å²) in [6, 6.07) is 2.14. The first-order valence-electron chi connectivity index (χ1n) is 5.64. The molecule has 0 saturated heterocycles. The number of hydrogen-bond acceptors (Lipinski definition) is 3. The van der Waals surface area contributed by atoms with E-state index < -0.39 is 17.0 Å². The highest BCUT2D eigenvalue weighted by Gasteiger charge is 2.23. The third kappa shape index (κ3) is 4.05. The molecule has 0 saturated carbocycles. The number of amidine groups is 1. The van der Waals surface area contributed by atoms with Crippen molar-refractivity contribution in [2.75, 3.05) is 11.9 Å². The molecule has 4 N–H and O–H groups in total. The Kier molecular flexibility index (Phi) is 5.11. The minimum atomic E-state index is -0.546. The molecule has 0 aliphatic heterocycles. The molecule has 0 spiro atoms. The van der Waals surface area contributed by atoms with Crippen molar-refractivity contribution >= 4 is 27.5 Å². The summed E-state index contributed by atoms with van der Waals surface area (Å²) in [6.45, 7) is 3.95. The van der Waals surface area contributed by atoms with Crippen molar-refractivity contribution in [2.45, 2.75) is 20.3 Å². The van der Waals surface area contributed by atoms with Gasteiger partial charge in [-0.05, 0) is 28.4 Å². The third-order valence-electron chi connectivity index (χ3n) is 2.88. The zero-order valence-electron chi connectivity index (χ0n) is 10.7. The molecule has 7 heteroatoms. The number of anilines is 1. The quantitative estimate of drug-likeness (QED) is 0.254. The molecule has 0 bridgehead atoms. The maximum Gasteiger partial charge on any atom is 0.147 e. The second kappa shape index (κ2) is 6.18. The Bertz CT molecular complexity index is 492. The van der Waals surface area contributed by atoms with E-state index in [2.05, 4.69) is 26.4 Å². The first-order chi connectivity index (χ1) is 8.77. The highest BCUT2D eigenvalue weighted by molar-refractivity contribution is 9.10. The van der Waals surface area contributed by atoms with Gasteiger partial charge < -0.3 is 16.3 Å². The highest BCUT2D eigenvalue weighted by Crippen LogP contribution is 2.25. The highest BCUT2D eigenvalue weighted by atomic mass is 79.9. The smallest absolute Gasteiger partial charge is 0.147 e. The molecular formula is C12H16BrF2N3O. The molecule has 1 aromatic rings. The molecule has 0 aliphatic carbocycles. The van der Waals surface area contributed by atoms with Crippen LogP contribution in [-0.2, 0) is 0 Å². The first kappa shape index (κ1) is 15.7. The van der Waals surface area contributed by atoms with Crippen LogP contribution in [0.1, 0.15) is 20.3 Å². The Morgan fingerprint density at radius 2 is 2.05 bits per heavy atom. The maximum absolute atomic E-state index is 13.5. The monoisotopic (exact) mass is 335 g/mol. The van der Waals surface area contributed by atoms with Crippen molar-refractivity contribution in [3.63, 3.8) is 0 Å². The van der Waals surface area contributed by atoms with E-state index in [4.69, 9.17) is 10.9 Å². The summed E-state index contributed by atoms with van der Waals surface area (Å²) >= 11 is 2.91. The van der Waals surface area contributed by atoms with Gasteiger partial charge in [-0.15, -0.1) is 0 Å². The number of nitrogens with one attached hydrogen (secondary N) is 1. The minimum Gasteiger partial charge on any atom is -0.409 e. The number of oxime groups is 1. The van der Waals surface area contributed by atoms with Crippen LogP contribution in [-0.4, -0.2) is 17.6 Å². The van der Waals surface area contributed by atoms with Crippen LogP contribution in [0, 0.1) is 17.0 Å². The van der Waals surface area contributed by atoms with Gasteiger partial charge in [0, 0.05) is 18.0 Å². The van der Waals surface area contributed by atoms with Crippen molar-refractivity contribution < 1.29 is 14.0 Å². The van der Waals surface area contributed by atoms with E-state index >= 15 is 0 Å². The minimum absolute atomic E-state index is 0.0764. The van der Waals surface area contributed by atoms with Crippen LogP contribution in [0.15, 0.2) is 21.8 Å². The molecular weight excluding hydrogens is 320 g/mol. The standard InChI is InChI=1S/C12H16BrF2N3O/c1-12(2,11(16)18-19)3-4-17-10-6-8(14)7(13)5-9(10)15/h5-6,17,19H,3-4H2,1-2H3,(H2,16,18). The van der Waals surface area contributed by atoms with Crippen molar-refractivity contribution in [1.82, 2.24) is 0 Å². The molecule has 0 aliphatic rings. The van der Waals surface area contributed by atoms with Gasteiger partial charge in [0.25, 0.3) is 0 Å². The molecule has 0 heterocycles. The fourth-order valence-corrected chi connectivity index (χ4v) is 1.75. The summed E-state index contributed by atoms with van der Waals surface area (Å²) in [5, 5.41) is 14.4. The average Bonchev–Trinajstić information content (AvgIpc) is 2.34. The lowest BCUT2D eigenvalue weighted by Gasteiger charge is -2.23. The maximum atomic E-state index is 13.5. The fourth-order valence-electron chi connectivity index (χ4n) is 1.43. The molecule has 4 nitrogen and oxygen atoms in total. The first-order valence-corrected chi connectivity index (χ1v) is 6.43. The van der Waals surface area contributed by atoms with E-state index in [0.717, 1.165) is 12.1 Å². The molecule has 0 amide bonds. The van der Waals surface area contributed by atoms with E-state index in [-0.39, 0.29) is 16.0 Å². The summed E-state index contributed by atoms with van der Waals surface area (Å²) < 4.78 is 26.9. The number of nitrogens with zero attached hydrogens (tertiary/aromatic N) is 1. The fraction of sp³-hybridized carbons (Fsp3) is 0.417. The Balaban J connectivity index is 2.66. The zero-order valence-corrected chi connectivity index (χ0v) is 12.3. The van der Waals surface area contributed by atoms with E-state index in [1.165, 1.54) is 0 Å². The van der Waals surface area contributed by atoms with Crippen molar-refractivity contribution in [2.24, 2.45) is 16.3 Å². The molecule has 0 aromatic heterocycles. The van der Waals surface area contributed by atoms with E-state index in [9.17, 15) is 8.78 Å². The van der Waals surface area contributed by atoms with Crippen LogP contribution in [0.3, 0.4) is 0 Å². The number of benzene rings is 1. The van der Waals surface area contributed by atoms with Crippen LogP contribution >= 0.6 is 15.9 Å². The van der Waals surface area contributed by atoms with Crippen LogP contribution in [0.25, 0.3) is 0 Å². The number of halogens is 3. The van der Waals surface area contributed by atoms with Gasteiger partial charge >= 0.3 is 0 Å². The van der Waals surface area contributed by atoms with Crippen LogP contribution in [0.2, 0.25) is 0 Å². The van der Waals surface area contributed by atoms with Gasteiger partial charge in [-0.25, -0.2) is 8.78 Å². The summed E-state index contributed by atoms with van der Waals surface area (Å²) in [5.74, 6) is -0.994. The van der Waals surface area contributed by atoms with Gasteiger partial charge in [0.15, 0.2) is 0 Å². The summed E-state index contributed by atoms with van der Waals surface area (Å²) in [4.78, 5) is 0. The van der Waals surface area contributed by atoms with Gasteiger partial charge in [-0.3, -0.25) is 0 Å². The molecule has 0 fully saturated rings. The molecule has 0 unspecified atom stereocenters. The predicted molar refractivity (Wildman–Crippen MR) is 74.4 cm³/mol. The molecule has 1 aromatic carbocycles. The molecule has 106 valence electrons. The largest absolute Gasteiger partial charge is 0.409 e. The van der Waals surface area contributed by atoms with Gasteiger partial charge in [0.1, 0.15) is 17.5 Å². The summed E-state index contributed by atoms with van der Waals surface area (Å²) in [5.41, 5.74) is 5.08. The predicted octanol–water partition coefficient (Wildman–Crippen LogP) is 3.30. The Labute approximate surface area is 118 Å². The SMILES string of the molecule is CC(C)(CCNc1cc(F)c(Br)cc1F)/C(N)=N/O. The number of hydrogen-bond donors (Lipinski definition) is 3. The molecule has 1 rings (SSSR count). The second-order valence-corrected chi connectivity index (χ2v) is 5.65. The molecule has 0 atom stereocenters. The van der Waals surface area contributed by atoms with Crippen LogP contribution in [0.4, 0.5) is 14.5 Å². The summed E-state index contributed by atoms with van der Waals surface area (Å²) in [6.07, 6.45) is 0.500. The van der Waals surface area contributed by atoms with Crippen LogP contribution < -0.4 is 11.1 Å². The van der Waals surface area contributed by atoms with Gasteiger partial charge in [-0.1, -0.05) is 19.0 Å². The summed E-state index contributed by atoms with van der Waals surface area (Å²) in [7, 11) is 0. The Morgan fingerprint density at radius 3 is 2.63 bits per heavy atom. The van der Waals surface area contributed by atoms with Gasteiger partial charge in [0.2, 0.25) is 0 Å². The van der Waals surface area contributed by atoms with Crippen LogP contribution in [0.5, 0.6) is 0 Å². The van der Waals surface area contributed by atoms with Gasteiger partial charge in [0.05, 0.1) is 10.2 Å². The topological polar surface area (TPSA) is 70.6 Å². The van der Waals surface area contributed by atoms with Crippen molar-refractivity contribution in [3.8, 4) is 0 Å². The zero-order chi connectivity index (χ0) is 14.6. The second-order valence-electron chi connectivity index (χ2n) is 4.79. The molecule has 19 heavy (non-hydrogen) atoms. The lowest BCUT2D eigenvalue weighted by atomic mass is 9.88. The van der Waals surface area contributed by atoms with Crippen molar-refractivity contribution in [1.29, 1.82) is 0 Å². The normalized spacial score (nSPS) is 12.6. The average molecular weight is 336 g/mol.